The number of carbonyl (C=O) groups excluding carboxylic acids is 2. The van der Waals surface area contributed by atoms with Crippen LogP contribution in [0.15, 0.2) is 24.3 Å². The number of carbonyl (C=O) groups is 2. The molecule has 0 aromatic heterocycles. The van der Waals surface area contributed by atoms with Gasteiger partial charge in [-0.2, -0.15) is 0 Å². The lowest BCUT2D eigenvalue weighted by Gasteiger charge is -2.10. The van der Waals surface area contributed by atoms with Crippen LogP contribution in [-0.2, 0) is 16.1 Å². The molecule has 4 nitrogen and oxygen atoms in total. The average molecular weight is 260 g/mol. The summed E-state index contributed by atoms with van der Waals surface area (Å²) in [5.41, 5.74) is 1.82. The summed E-state index contributed by atoms with van der Waals surface area (Å²) >= 11 is 0. The summed E-state index contributed by atoms with van der Waals surface area (Å²) in [5, 5.41) is 5.69. The third-order valence-corrected chi connectivity index (χ3v) is 3.47. The second kappa shape index (κ2) is 6.36. The summed E-state index contributed by atoms with van der Waals surface area (Å²) in [4.78, 5) is 22.8. The largest absolute Gasteiger partial charge is 0.352 e. The van der Waals surface area contributed by atoms with Crippen molar-refractivity contribution in [3.63, 3.8) is 0 Å². The predicted molar refractivity (Wildman–Crippen MR) is 74.6 cm³/mol. The first kappa shape index (κ1) is 13.6. The van der Waals surface area contributed by atoms with Gasteiger partial charge < -0.3 is 10.6 Å². The van der Waals surface area contributed by atoms with E-state index in [1.165, 1.54) is 19.8 Å². The Morgan fingerprint density at radius 2 is 1.79 bits per heavy atom. The summed E-state index contributed by atoms with van der Waals surface area (Å²) in [6, 6.07) is 7.53. The van der Waals surface area contributed by atoms with Crippen LogP contribution in [0.2, 0.25) is 0 Å². The lowest BCUT2D eigenvalue weighted by atomic mass is 10.1. The Kier molecular flexibility index (Phi) is 4.55. The van der Waals surface area contributed by atoms with E-state index in [9.17, 15) is 9.59 Å². The smallest absolute Gasteiger partial charge is 0.223 e. The fourth-order valence-corrected chi connectivity index (χ4v) is 2.43. The van der Waals surface area contributed by atoms with Gasteiger partial charge in [-0.3, -0.25) is 9.59 Å². The first-order valence-electron chi connectivity index (χ1n) is 6.79. The molecule has 1 fully saturated rings. The fraction of sp³-hybridized carbons (Fsp3) is 0.467. The maximum Gasteiger partial charge on any atom is 0.223 e. The van der Waals surface area contributed by atoms with E-state index in [1.54, 1.807) is 0 Å². The van der Waals surface area contributed by atoms with E-state index in [0.29, 0.717) is 6.54 Å². The standard InChI is InChI=1S/C15H20N2O2/c1-11(18)17-14-8-6-12(7-9-14)10-16-15(19)13-4-2-3-5-13/h6-9,13H,2-5,10H2,1H3,(H,16,19)(H,17,18). The molecule has 0 saturated heterocycles. The number of hydrogen-bond acceptors (Lipinski definition) is 2. The Labute approximate surface area is 113 Å². The maximum absolute atomic E-state index is 11.9. The molecule has 2 N–H and O–H groups in total. The topological polar surface area (TPSA) is 58.2 Å². The molecule has 1 aliphatic rings. The molecule has 0 aliphatic heterocycles. The van der Waals surface area contributed by atoms with Crippen LogP contribution in [0.5, 0.6) is 0 Å². The second-order valence-electron chi connectivity index (χ2n) is 5.08. The highest BCUT2D eigenvalue weighted by atomic mass is 16.2. The van der Waals surface area contributed by atoms with Gasteiger partial charge in [-0.25, -0.2) is 0 Å². The summed E-state index contributed by atoms with van der Waals surface area (Å²) in [6.07, 6.45) is 4.38. The van der Waals surface area contributed by atoms with Gasteiger partial charge in [0.05, 0.1) is 0 Å². The molecule has 1 aromatic rings. The quantitative estimate of drug-likeness (QED) is 0.873. The minimum absolute atomic E-state index is 0.0812. The number of hydrogen-bond donors (Lipinski definition) is 2. The van der Waals surface area contributed by atoms with Crippen molar-refractivity contribution in [2.24, 2.45) is 5.92 Å². The molecule has 0 spiro atoms. The highest BCUT2D eigenvalue weighted by Crippen LogP contribution is 2.24. The molecule has 4 heteroatoms. The zero-order chi connectivity index (χ0) is 13.7. The molecular formula is C15H20N2O2. The van der Waals surface area contributed by atoms with Gasteiger partial charge in [0.25, 0.3) is 0 Å². The molecule has 19 heavy (non-hydrogen) atoms. The lowest BCUT2D eigenvalue weighted by molar-refractivity contribution is -0.125. The number of benzene rings is 1. The molecule has 2 rings (SSSR count). The maximum atomic E-state index is 11.9. The van der Waals surface area contributed by atoms with Gasteiger partial charge in [0.1, 0.15) is 0 Å². The van der Waals surface area contributed by atoms with Crippen molar-refractivity contribution in [1.82, 2.24) is 5.32 Å². The lowest BCUT2D eigenvalue weighted by Crippen LogP contribution is -2.28. The number of rotatable bonds is 4. The van der Waals surface area contributed by atoms with E-state index < -0.39 is 0 Å². The van der Waals surface area contributed by atoms with Gasteiger partial charge in [-0.15, -0.1) is 0 Å². The second-order valence-corrected chi connectivity index (χ2v) is 5.08. The summed E-state index contributed by atoms with van der Waals surface area (Å²) in [7, 11) is 0. The van der Waals surface area contributed by atoms with Gasteiger partial charge in [0.15, 0.2) is 0 Å². The van der Waals surface area contributed by atoms with E-state index in [2.05, 4.69) is 10.6 Å². The Bertz CT molecular complexity index is 448. The van der Waals surface area contributed by atoms with Crippen LogP contribution >= 0.6 is 0 Å². The van der Waals surface area contributed by atoms with E-state index >= 15 is 0 Å². The number of nitrogens with one attached hydrogen (secondary N) is 2. The van der Waals surface area contributed by atoms with Crippen LogP contribution < -0.4 is 10.6 Å². The summed E-state index contributed by atoms with van der Waals surface area (Å²) < 4.78 is 0. The van der Waals surface area contributed by atoms with Gasteiger partial charge in [0.2, 0.25) is 11.8 Å². The first-order valence-corrected chi connectivity index (χ1v) is 6.79. The van der Waals surface area contributed by atoms with Crippen LogP contribution in [0.4, 0.5) is 5.69 Å². The van der Waals surface area contributed by atoms with Crippen molar-refractivity contribution in [3.05, 3.63) is 29.8 Å². The molecule has 1 aliphatic carbocycles. The molecule has 2 amide bonds. The molecule has 0 atom stereocenters. The average Bonchev–Trinajstić information content (AvgIpc) is 2.91. The molecular weight excluding hydrogens is 240 g/mol. The third-order valence-electron chi connectivity index (χ3n) is 3.47. The third kappa shape index (κ3) is 4.09. The summed E-state index contributed by atoms with van der Waals surface area (Å²) in [6.45, 7) is 2.03. The zero-order valence-electron chi connectivity index (χ0n) is 11.2. The van der Waals surface area contributed by atoms with Gasteiger partial charge in [-0.05, 0) is 30.5 Å². The Morgan fingerprint density at radius 3 is 2.37 bits per heavy atom. The van der Waals surface area contributed by atoms with Crippen molar-refractivity contribution >= 4 is 17.5 Å². The first-order chi connectivity index (χ1) is 9.15. The Morgan fingerprint density at radius 1 is 1.16 bits per heavy atom. The molecule has 102 valence electrons. The van der Waals surface area contributed by atoms with Crippen molar-refractivity contribution in [2.45, 2.75) is 39.2 Å². The monoisotopic (exact) mass is 260 g/mol. The zero-order valence-corrected chi connectivity index (χ0v) is 11.2. The van der Waals surface area contributed by atoms with Crippen LogP contribution in [0.25, 0.3) is 0 Å². The van der Waals surface area contributed by atoms with E-state index in [1.807, 2.05) is 24.3 Å². The minimum atomic E-state index is -0.0812. The van der Waals surface area contributed by atoms with Crippen molar-refractivity contribution in [3.8, 4) is 0 Å². The van der Waals surface area contributed by atoms with Gasteiger partial charge >= 0.3 is 0 Å². The highest BCUT2D eigenvalue weighted by Gasteiger charge is 2.21. The Balaban J connectivity index is 1.82. The SMILES string of the molecule is CC(=O)Nc1ccc(CNC(=O)C2CCCC2)cc1. The van der Waals surface area contributed by atoms with E-state index in [4.69, 9.17) is 0 Å². The van der Waals surface area contributed by atoms with Crippen LogP contribution in [0, 0.1) is 5.92 Å². The Hall–Kier alpha value is -1.84. The van der Waals surface area contributed by atoms with Crippen LogP contribution in [-0.4, -0.2) is 11.8 Å². The molecule has 0 radical (unpaired) electrons. The van der Waals surface area contributed by atoms with Crippen LogP contribution in [0.3, 0.4) is 0 Å². The minimum Gasteiger partial charge on any atom is -0.352 e. The van der Waals surface area contributed by atoms with Crippen molar-refractivity contribution < 1.29 is 9.59 Å². The summed E-state index contributed by atoms with van der Waals surface area (Å²) in [5.74, 6) is 0.296. The molecule has 0 heterocycles. The molecule has 0 unspecified atom stereocenters. The molecule has 1 aromatic carbocycles. The van der Waals surface area contributed by atoms with Crippen molar-refractivity contribution in [2.75, 3.05) is 5.32 Å². The predicted octanol–water partition coefficient (Wildman–Crippen LogP) is 2.45. The number of anilines is 1. The molecule has 0 bridgehead atoms. The van der Waals surface area contributed by atoms with E-state index in [-0.39, 0.29) is 17.7 Å². The number of amides is 2. The molecule has 1 saturated carbocycles. The van der Waals surface area contributed by atoms with Gasteiger partial charge in [-0.1, -0.05) is 25.0 Å². The fourth-order valence-electron chi connectivity index (χ4n) is 2.43. The highest BCUT2D eigenvalue weighted by molar-refractivity contribution is 5.88. The van der Waals surface area contributed by atoms with Gasteiger partial charge in [0, 0.05) is 25.1 Å². The normalized spacial score (nSPS) is 15.2. The van der Waals surface area contributed by atoms with Crippen LogP contribution in [0.1, 0.15) is 38.2 Å². The van der Waals surface area contributed by atoms with Crippen molar-refractivity contribution in [1.29, 1.82) is 0 Å². The van der Waals surface area contributed by atoms with E-state index in [0.717, 1.165) is 24.1 Å².